The van der Waals surface area contributed by atoms with Crippen LogP contribution in [-0.2, 0) is 19.6 Å². The molecule has 1 aliphatic heterocycles. The average molecular weight is 392 g/mol. The van der Waals surface area contributed by atoms with E-state index in [1.165, 1.54) is 37.4 Å². The first-order valence-electron chi connectivity index (χ1n) is 7.76. The summed E-state index contributed by atoms with van der Waals surface area (Å²) in [5.41, 5.74) is 0.412. The number of carbonyl (C=O) groups excluding carboxylic acids is 1. The van der Waals surface area contributed by atoms with Gasteiger partial charge in [0.05, 0.1) is 17.7 Å². The fraction of sp³-hybridized carbons (Fsp3) is 0.176. The monoisotopic (exact) mass is 392 g/mol. The summed E-state index contributed by atoms with van der Waals surface area (Å²) in [5, 5.41) is 9.00. The Kier molecular flexibility index (Phi) is 4.91. The predicted octanol–water partition coefficient (Wildman–Crippen LogP) is 1.31. The number of nitrogens with zero attached hydrogens (tertiary/aromatic N) is 1. The fourth-order valence-electron chi connectivity index (χ4n) is 2.53. The zero-order valence-electron chi connectivity index (χ0n) is 14.2. The molecule has 2 N–H and O–H groups in total. The quantitative estimate of drug-likeness (QED) is 0.760. The summed E-state index contributed by atoms with van der Waals surface area (Å²) in [6, 6.07) is 10.2. The number of sulfonamides is 1. The molecular formula is C17H16N2O7S. The summed E-state index contributed by atoms with van der Waals surface area (Å²) in [4.78, 5) is 23.8. The highest BCUT2D eigenvalue weighted by molar-refractivity contribution is 7.92. The molecule has 3 rings (SSSR count). The first kappa shape index (κ1) is 18.5. The fourth-order valence-corrected chi connectivity index (χ4v) is 3.61. The molecule has 2 aromatic rings. The molecule has 0 fully saturated rings. The maximum Gasteiger partial charge on any atom is 0.323 e. The molecule has 0 spiro atoms. The maximum absolute atomic E-state index is 12.6. The van der Waals surface area contributed by atoms with E-state index in [2.05, 4.69) is 4.72 Å². The maximum atomic E-state index is 12.6. The number of carboxylic acids is 1. The SMILES string of the molecule is COc1ccc(NS(=O)(=O)c2ccc3c(c2)N(CC(=O)O)C(=O)CO3)cc1. The molecule has 10 heteroatoms. The minimum absolute atomic E-state index is 0.0891. The van der Waals surface area contributed by atoms with Crippen LogP contribution in [0.1, 0.15) is 0 Å². The minimum atomic E-state index is -3.97. The van der Waals surface area contributed by atoms with Crippen molar-refractivity contribution in [2.75, 3.05) is 29.9 Å². The van der Waals surface area contributed by atoms with Gasteiger partial charge in [0.25, 0.3) is 15.9 Å². The van der Waals surface area contributed by atoms with Gasteiger partial charge in [-0.2, -0.15) is 0 Å². The first-order valence-corrected chi connectivity index (χ1v) is 9.24. The van der Waals surface area contributed by atoms with Gasteiger partial charge >= 0.3 is 5.97 Å². The zero-order chi connectivity index (χ0) is 19.6. The van der Waals surface area contributed by atoms with Crippen LogP contribution in [0.5, 0.6) is 11.5 Å². The van der Waals surface area contributed by atoms with Gasteiger partial charge in [-0.1, -0.05) is 0 Å². The number of hydrogen-bond acceptors (Lipinski definition) is 6. The van der Waals surface area contributed by atoms with E-state index >= 15 is 0 Å². The van der Waals surface area contributed by atoms with E-state index in [1.54, 1.807) is 12.1 Å². The number of methoxy groups -OCH3 is 1. The van der Waals surface area contributed by atoms with Gasteiger partial charge in [0, 0.05) is 5.69 Å². The highest BCUT2D eigenvalue weighted by atomic mass is 32.2. The van der Waals surface area contributed by atoms with E-state index in [1.807, 2.05) is 0 Å². The number of benzene rings is 2. The van der Waals surface area contributed by atoms with Crippen LogP contribution in [0, 0.1) is 0 Å². The number of amides is 1. The predicted molar refractivity (Wildman–Crippen MR) is 95.7 cm³/mol. The van der Waals surface area contributed by atoms with Crippen LogP contribution in [-0.4, -0.2) is 45.7 Å². The molecule has 0 aliphatic carbocycles. The second kappa shape index (κ2) is 7.16. The van der Waals surface area contributed by atoms with Gasteiger partial charge in [-0.05, 0) is 42.5 Å². The molecule has 1 amide bonds. The van der Waals surface area contributed by atoms with Gasteiger partial charge < -0.3 is 14.6 Å². The summed E-state index contributed by atoms with van der Waals surface area (Å²) in [6.45, 7) is -0.902. The van der Waals surface area contributed by atoms with E-state index in [9.17, 15) is 18.0 Å². The Hall–Kier alpha value is -3.27. The Labute approximate surface area is 155 Å². The third-order valence-corrected chi connectivity index (χ3v) is 5.20. The Morgan fingerprint density at radius 2 is 1.96 bits per heavy atom. The second-order valence-corrected chi connectivity index (χ2v) is 7.31. The molecule has 142 valence electrons. The lowest BCUT2D eigenvalue weighted by Crippen LogP contribution is -2.42. The van der Waals surface area contributed by atoms with Crippen LogP contribution in [0.4, 0.5) is 11.4 Å². The van der Waals surface area contributed by atoms with Crippen molar-refractivity contribution in [2.45, 2.75) is 4.90 Å². The Balaban J connectivity index is 1.93. The van der Waals surface area contributed by atoms with Crippen LogP contribution >= 0.6 is 0 Å². The van der Waals surface area contributed by atoms with Crippen molar-refractivity contribution in [2.24, 2.45) is 0 Å². The molecule has 0 unspecified atom stereocenters. The van der Waals surface area contributed by atoms with Gasteiger partial charge in [-0.25, -0.2) is 8.42 Å². The Morgan fingerprint density at radius 1 is 1.26 bits per heavy atom. The third-order valence-electron chi connectivity index (χ3n) is 3.82. The molecule has 2 aromatic carbocycles. The van der Waals surface area contributed by atoms with Gasteiger partial charge in [0.15, 0.2) is 6.61 Å². The van der Waals surface area contributed by atoms with E-state index in [0.717, 1.165) is 4.90 Å². The number of carboxylic acid groups (broad SMARTS) is 1. The first-order chi connectivity index (χ1) is 12.8. The summed E-state index contributed by atoms with van der Waals surface area (Å²) in [7, 11) is -2.47. The van der Waals surface area contributed by atoms with Crippen molar-refractivity contribution < 1.29 is 32.6 Å². The van der Waals surface area contributed by atoms with Crippen molar-refractivity contribution in [1.82, 2.24) is 0 Å². The number of fused-ring (bicyclic) bond motifs is 1. The number of anilines is 2. The van der Waals surface area contributed by atoms with E-state index in [-0.39, 0.29) is 22.9 Å². The van der Waals surface area contributed by atoms with Gasteiger partial charge in [-0.3, -0.25) is 19.2 Å². The number of aliphatic carboxylic acids is 1. The van der Waals surface area contributed by atoms with Crippen LogP contribution in [0.15, 0.2) is 47.4 Å². The molecule has 1 aliphatic rings. The lowest BCUT2D eigenvalue weighted by molar-refractivity contribution is -0.137. The molecule has 1 heterocycles. The number of carbonyl (C=O) groups is 2. The highest BCUT2D eigenvalue weighted by Crippen LogP contribution is 2.34. The summed E-state index contributed by atoms with van der Waals surface area (Å²) >= 11 is 0. The summed E-state index contributed by atoms with van der Waals surface area (Å²) in [5.74, 6) is -0.977. The van der Waals surface area contributed by atoms with Crippen LogP contribution in [0.2, 0.25) is 0 Å². The highest BCUT2D eigenvalue weighted by Gasteiger charge is 2.29. The Bertz CT molecular complexity index is 987. The van der Waals surface area contributed by atoms with Crippen LogP contribution < -0.4 is 19.1 Å². The second-order valence-electron chi connectivity index (χ2n) is 5.63. The van der Waals surface area contributed by atoms with Crippen molar-refractivity contribution >= 4 is 33.3 Å². The topological polar surface area (TPSA) is 122 Å². The number of hydrogen-bond donors (Lipinski definition) is 2. The van der Waals surface area contributed by atoms with Crippen molar-refractivity contribution in [3.8, 4) is 11.5 Å². The van der Waals surface area contributed by atoms with Crippen LogP contribution in [0.3, 0.4) is 0 Å². The summed E-state index contributed by atoms with van der Waals surface area (Å²) < 4.78 is 38.0. The lowest BCUT2D eigenvalue weighted by Gasteiger charge is -2.28. The zero-order valence-corrected chi connectivity index (χ0v) is 15.0. The third kappa shape index (κ3) is 3.95. The molecule has 9 nitrogen and oxygen atoms in total. The van der Waals surface area contributed by atoms with Crippen molar-refractivity contribution in [3.05, 3.63) is 42.5 Å². The summed E-state index contributed by atoms with van der Waals surface area (Å²) in [6.07, 6.45) is 0. The molecule has 0 bridgehead atoms. The van der Waals surface area contributed by atoms with E-state index < -0.39 is 28.4 Å². The van der Waals surface area contributed by atoms with E-state index in [4.69, 9.17) is 14.6 Å². The molecule has 0 saturated carbocycles. The molecule has 27 heavy (non-hydrogen) atoms. The Morgan fingerprint density at radius 3 is 2.59 bits per heavy atom. The van der Waals surface area contributed by atoms with Crippen LogP contribution in [0.25, 0.3) is 0 Å². The van der Waals surface area contributed by atoms with Gasteiger partial charge in [-0.15, -0.1) is 0 Å². The lowest BCUT2D eigenvalue weighted by atomic mass is 10.2. The molecule has 0 radical (unpaired) electrons. The average Bonchev–Trinajstić information content (AvgIpc) is 2.64. The normalized spacial score (nSPS) is 13.5. The van der Waals surface area contributed by atoms with Gasteiger partial charge in [0.1, 0.15) is 18.0 Å². The smallest absolute Gasteiger partial charge is 0.323 e. The van der Waals surface area contributed by atoms with Gasteiger partial charge in [0.2, 0.25) is 0 Å². The van der Waals surface area contributed by atoms with Crippen molar-refractivity contribution in [1.29, 1.82) is 0 Å². The van der Waals surface area contributed by atoms with Crippen molar-refractivity contribution in [3.63, 3.8) is 0 Å². The largest absolute Gasteiger partial charge is 0.497 e. The molecule has 0 aromatic heterocycles. The minimum Gasteiger partial charge on any atom is -0.497 e. The number of nitrogens with one attached hydrogen (secondary N) is 1. The van der Waals surface area contributed by atoms with E-state index in [0.29, 0.717) is 11.4 Å². The number of ether oxygens (including phenoxy) is 2. The molecular weight excluding hydrogens is 376 g/mol. The number of rotatable bonds is 6. The molecule has 0 saturated heterocycles. The molecule has 0 atom stereocenters. The standard InChI is InChI=1S/C17H16N2O7S/c1-25-12-4-2-11(3-5-12)18-27(23,24)13-6-7-15-14(8-13)19(9-17(21)22)16(20)10-26-15/h2-8,18H,9-10H2,1H3,(H,21,22).